The summed E-state index contributed by atoms with van der Waals surface area (Å²) in [7, 11) is -1.21. The lowest BCUT2D eigenvalue weighted by atomic mass is 10.1. The van der Waals surface area contributed by atoms with Crippen LogP contribution in [0.4, 0.5) is 43.4 Å². The molecule has 3 aromatic carbocycles. The van der Waals surface area contributed by atoms with Crippen LogP contribution in [0.3, 0.4) is 0 Å². The fraction of sp³-hybridized carbons (Fsp3) is 0.280. The summed E-state index contributed by atoms with van der Waals surface area (Å²) in [4.78, 5) is 0. The number of rotatable bonds is 9. The highest BCUT2D eigenvalue weighted by atomic mass is 32.1. The highest BCUT2D eigenvalue weighted by molar-refractivity contribution is 7.81. The van der Waals surface area contributed by atoms with Crippen molar-refractivity contribution >= 4 is 38.1 Å². The van der Waals surface area contributed by atoms with Crippen LogP contribution >= 0.6 is 21.1 Å². The Morgan fingerprint density at radius 3 is 1.71 bits per heavy atom. The van der Waals surface area contributed by atoms with Crippen molar-refractivity contribution in [2.75, 3.05) is 40.9 Å². The number of hydrogen-bond acceptors (Lipinski definition) is 6. The molecule has 13 heteroatoms. The fourth-order valence-corrected chi connectivity index (χ4v) is 6.11. The lowest BCUT2D eigenvalue weighted by Crippen LogP contribution is -2.34. The topological polar surface area (TPSA) is 39.8 Å². The van der Waals surface area contributed by atoms with Crippen molar-refractivity contribution in [2.45, 2.75) is 17.9 Å². The monoisotopic (exact) mass is 574 g/mol. The summed E-state index contributed by atoms with van der Waals surface area (Å²) in [6.45, 7) is 1.99. The predicted molar refractivity (Wildman–Crippen MR) is 141 cm³/mol. The van der Waals surface area contributed by atoms with Gasteiger partial charge in [0.1, 0.15) is 5.50 Å². The van der Waals surface area contributed by atoms with Gasteiger partial charge in [-0.1, -0.05) is 36.4 Å². The van der Waals surface area contributed by atoms with E-state index in [4.69, 9.17) is 4.52 Å². The number of para-hydroxylation sites is 2. The predicted octanol–water partition coefficient (Wildman–Crippen LogP) is 7.21. The van der Waals surface area contributed by atoms with Gasteiger partial charge in [-0.25, -0.2) is 0 Å². The summed E-state index contributed by atoms with van der Waals surface area (Å²) in [5.41, 5.74) is -2.04. The van der Waals surface area contributed by atoms with Gasteiger partial charge in [-0.15, -0.1) is 12.6 Å². The van der Waals surface area contributed by atoms with Gasteiger partial charge in [0.25, 0.3) is 0 Å². The summed E-state index contributed by atoms with van der Waals surface area (Å²) >= 11 is 4.23. The second kappa shape index (κ2) is 12.0. The highest BCUT2D eigenvalue weighted by Crippen LogP contribution is 2.53. The molecule has 1 aliphatic rings. The maximum absolute atomic E-state index is 13.1. The first-order valence-electron chi connectivity index (χ1n) is 11.6. The molecule has 0 aliphatic carbocycles. The molecule has 38 heavy (non-hydrogen) atoms. The summed E-state index contributed by atoms with van der Waals surface area (Å²) in [5, 5.41) is 5.47. The number of halogens is 6. The number of hydrogen-bond donors (Lipinski definition) is 3. The molecule has 0 saturated carbocycles. The fourth-order valence-electron chi connectivity index (χ4n) is 3.86. The Kier molecular flexibility index (Phi) is 8.97. The van der Waals surface area contributed by atoms with Crippen LogP contribution < -0.4 is 20.0 Å². The Balaban J connectivity index is 1.38. The Bertz CT molecular complexity index is 1110. The van der Waals surface area contributed by atoms with E-state index >= 15 is 0 Å². The first kappa shape index (κ1) is 28.4. The van der Waals surface area contributed by atoms with E-state index in [1.54, 1.807) is 0 Å². The minimum absolute atomic E-state index is 0.0840. The SMILES string of the molecule is FC(F)(F)c1cc(NC(S)NCCOP2N(c3ccccc3)CCN2c2ccccc2)cc(C(F)(F)F)c1. The van der Waals surface area contributed by atoms with Crippen molar-refractivity contribution in [3.05, 3.63) is 90.0 Å². The van der Waals surface area contributed by atoms with Crippen molar-refractivity contribution in [1.82, 2.24) is 5.32 Å². The Morgan fingerprint density at radius 1 is 0.789 bits per heavy atom. The molecule has 0 spiro atoms. The highest BCUT2D eigenvalue weighted by Gasteiger charge is 2.37. The third kappa shape index (κ3) is 7.25. The summed E-state index contributed by atoms with van der Waals surface area (Å²) in [5.74, 6) is 0. The first-order chi connectivity index (χ1) is 18.0. The number of thiol groups is 1. The van der Waals surface area contributed by atoms with Gasteiger partial charge in [-0.05, 0) is 42.5 Å². The molecule has 204 valence electrons. The summed E-state index contributed by atoms with van der Waals surface area (Å²) in [6, 6.07) is 21.0. The van der Waals surface area contributed by atoms with Gasteiger partial charge in [-0.2, -0.15) is 26.3 Å². The molecular formula is C25H25F6N4OPS. The molecule has 0 amide bonds. The van der Waals surface area contributed by atoms with Gasteiger partial charge in [0.2, 0.25) is 8.45 Å². The minimum Gasteiger partial charge on any atom is -0.361 e. The molecule has 3 aromatic rings. The zero-order valence-corrected chi connectivity index (χ0v) is 21.7. The first-order valence-corrected chi connectivity index (χ1v) is 13.3. The Morgan fingerprint density at radius 2 is 1.26 bits per heavy atom. The summed E-state index contributed by atoms with van der Waals surface area (Å²) in [6.07, 6.45) is -9.85. The standard InChI is InChI=1S/C25H25F6N4OPS/c26-24(27,28)18-15-19(25(29,30)31)17-20(16-18)33-23(38)32-11-14-36-37-34(21-7-3-1-4-8-21)12-13-35(37)22-9-5-2-6-10-22/h1-10,15-17,23,32-33,38H,11-14H2. The zero-order chi connectivity index (χ0) is 27.3. The van der Waals surface area contributed by atoms with Crippen molar-refractivity contribution in [2.24, 2.45) is 0 Å². The van der Waals surface area contributed by atoms with E-state index in [2.05, 4.69) is 32.6 Å². The van der Waals surface area contributed by atoms with Crippen molar-refractivity contribution < 1.29 is 30.9 Å². The molecule has 0 aromatic heterocycles. The van der Waals surface area contributed by atoms with Crippen LogP contribution in [0, 0.1) is 0 Å². The molecule has 1 saturated heterocycles. The molecule has 5 nitrogen and oxygen atoms in total. The smallest absolute Gasteiger partial charge is 0.361 e. The number of alkyl halides is 6. The maximum atomic E-state index is 13.1. The third-order valence-corrected chi connectivity index (χ3v) is 8.00. The average molecular weight is 575 g/mol. The summed E-state index contributed by atoms with van der Waals surface area (Å²) < 4.78 is 89.4. The van der Waals surface area contributed by atoms with Gasteiger partial charge in [0.05, 0.1) is 17.7 Å². The molecule has 2 N–H and O–H groups in total. The molecule has 1 fully saturated rings. The second-order valence-corrected chi connectivity index (χ2v) is 10.5. The van der Waals surface area contributed by atoms with E-state index in [0.29, 0.717) is 12.1 Å². The molecule has 1 aliphatic heterocycles. The van der Waals surface area contributed by atoms with Crippen LogP contribution in [0.5, 0.6) is 0 Å². The van der Waals surface area contributed by atoms with Gasteiger partial charge < -0.3 is 19.2 Å². The van der Waals surface area contributed by atoms with Crippen LogP contribution in [-0.2, 0) is 16.9 Å². The van der Waals surface area contributed by atoms with Gasteiger partial charge in [0.15, 0.2) is 0 Å². The third-order valence-electron chi connectivity index (χ3n) is 5.58. The minimum atomic E-state index is -4.93. The van der Waals surface area contributed by atoms with E-state index in [0.717, 1.165) is 24.5 Å². The molecule has 4 rings (SSSR count). The number of benzene rings is 3. The number of anilines is 3. The van der Waals surface area contributed by atoms with E-state index in [-0.39, 0.29) is 24.9 Å². The molecule has 1 unspecified atom stereocenters. The molecule has 0 bridgehead atoms. The largest absolute Gasteiger partial charge is 0.416 e. The van der Waals surface area contributed by atoms with Crippen LogP contribution in [0.2, 0.25) is 0 Å². The van der Waals surface area contributed by atoms with Crippen molar-refractivity contribution in [1.29, 1.82) is 0 Å². The maximum Gasteiger partial charge on any atom is 0.416 e. The van der Waals surface area contributed by atoms with Gasteiger partial charge >= 0.3 is 12.4 Å². The van der Waals surface area contributed by atoms with Crippen LogP contribution in [0.1, 0.15) is 11.1 Å². The van der Waals surface area contributed by atoms with E-state index in [1.807, 2.05) is 60.7 Å². The molecular weight excluding hydrogens is 549 g/mol. The van der Waals surface area contributed by atoms with E-state index in [9.17, 15) is 26.3 Å². The van der Waals surface area contributed by atoms with E-state index < -0.39 is 37.4 Å². The quantitative estimate of drug-likeness (QED) is 0.0829. The Hall–Kier alpha value is -2.66. The van der Waals surface area contributed by atoms with Gasteiger partial charge in [-0.3, -0.25) is 5.32 Å². The lowest BCUT2D eigenvalue weighted by molar-refractivity contribution is -0.143. The zero-order valence-electron chi connectivity index (χ0n) is 19.9. The average Bonchev–Trinajstić information content (AvgIpc) is 3.30. The van der Waals surface area contributed by atoms with Crippen molar-refractivity contribution in [3.63, 3.8) is 0 Å². The second-order valence-electron chi connectivity index (χ2n) is 8.30. The van der Waals surface area contributed by atoms with Gasteiger partial charge in [0, 0.05) is 36.7 Å². The van der Waals surface area contributed by atoms with Crippen LogP contribution in [0.15, 0.2) is 78.9 Å². The van der Waals surface area contributed by atoms with Crippen LogP contribution in [0.25, 0.3) is 0 Å². The Labute approximate surface area is 223 Å². The van der Waals surface area contributed by atoms with Crippen molar-refractivity contribution in [3.8, 4) is 0 Å². The van der Waals surface area contributed by atoms with E-state index in [1.165, 1.54) is 0 Å². The lowest BCUT2D eigenvalue weighted by Gasteiger charge is -2.31. The number of nitrogens with one attached hydrogen (secondary N) is 2. The molecule has 1 atom stereocenters. The normalized spacial score (nSPS) is 15.7. The molecule has 1 heterocycles. The molecule has 0 radical (unpaired) electrons. The van der Waals surface area contributed by atoms with Crippen LogP contribution in [-0.4, -0.2) is 31.7 Å². The number of nitrogens with zero attached hydrogens (tertiary/aromatic N) is 2.